The smallest absolute Gasteiger partial charge is 0.338 e. The average Bonchev–Trinajstić information content (AvgIpc) is 2.38. The Labute approximate surface area is 129 Å². The second-order valence-corrected chi connectivity index (χ2v) is 6.95. The van der Waals surface area contributed by atoms with Crippen molar-refractivity contribution in [2.24, 2.45) is 17.8 Å². The van der Waals surface area contributed by atoms with E-state index in [0.29, 0.717) is 27.9 Å². The van der Waals surface area contributed by atoms with Gasteiger partial charge < -0.3 is 4.74 Å². The normalized spacial score (nSPS) is 26.6. The number of hydrogen-bond acceptors (Lipinski definition) is 3. The van der Waals surface area contributed by atoms with Crippen LogP contribution in [0.2, 0.25) is 0 Å². The quantitative estimate of drug-likeness (QED) is 0.602. The number of aromatic nitrogens is 1. The molecular weight excluding hydrogens is 318 g/mol. The molecule has 20 heavy (non-hydrogen) atoms. The standard InChI is InChI=1S/C16H22BrNO2/c1-10(2)13-5-4-11(3)8-14(13)20-16(19)12-6-7-18-15(17)9-12/h6-7,9-11,13-14H,4-5,8H2,1-3H3. The van der Waals surface area contributed by atoms with E-state index < -0.39 is 0 Å². The van der Waals surface area contributed by atoms with Crippen LogP contribution in [0, 0.1) is 17.8 Å². The minimum Gasteiger partial charge on any atom is -0.458 e. The second kappa shape index (κ2) is 6.70. The van der Waals surface area contributed by atoms with Gasteiger partial charge in [0.05, 0.1) is 5.56 Å². The van der Waals surface area contributed by atoms with Crippen molar-refractivity contribution in [3.05, 3.63) is 28.5 Å². The SMILES string of the molecule is CC1CCC(C(C)C)C(OC(=O)c2ccnc(Br)c2)C1. The number of esters is 1. The minimum absolute atomic E-state index is 0.0400. The number of ether oxygens (including phenoxy) is 1. The van der Waals surface area contributed by atoms with Crippen LogP contribution in [0.25, 0.3) is 0 Å². The summed E-state index contributed by atoms with van der Waals surface area (Å²) in [5, 5.41) is 0. The molecule has 1 saturated carbocycles. The van der Waals surface area contributed by atoms with Crippen LogP contribution in [0.5, 0.6) is 0 Å². The van der Waals surface area contributed by atoms with Gasteiger partial charge in [-0.15, -0.1) is 0 Å². The lowest BCUT2D eigenvalue weighted by Gasteiger charge is -2.36. The van der Waals surface area contributed by atoms with Crippen molar-refractivity contribution in [1.29, 1.82) is 0 Å². The predicted molar refractivity (Wildman–Crippen MR) is 82.5 cm³/mol. The van der Waals surface area contributed by atoms with Gasteiger partial charge >= 0.3 is 5.97 Å². The van der Waals surface area contributed by atoms with E-state index in [-0.39, 0.29) is 12.1 Å². The molecule has 1 aliphatic rings. The zero-order valence-electron chi connectivity index (χ0n) is 12.3. The number of carbonyl (C=O) groups is 1. The molecule has 3 atom stereocenters. The molecule has 110 valence electrons. The molecule has 0 N–H and O–H groups in total. The van der Waals surface area contributed by atoms with Crippen molar-refractivity contribution in [3.8, 4) is 0 Å². The van der Waals surface area contributed by atoms with Crippen LogP contribution in [-0.2, 0) is 4.74 Å². The number of nitrogens with zero attached hydrogens (tertiary/aromatic N) is 1. The molecule has 0 aromatic carbocycles. The van der Waals surface area contributed by atoms with Gasteiger partial charge in [0.25, 0.3) is 0 Å². The van der Waals surface area contributed by atoms with Gasteiger partial charge in [-0.1, -0.05) is 27.2 Å². The van der Waals surface area contributed by atoms with Crippen molar-refractivity contribution < 1.29 is 9.53 Å². The molecule has 0 amide bonds. The van der Waals surface area contributed by atoms with Crippen molar-refractivity contribution in [3.63, 3.8) is 0 Å². The lowest BCUT2D eigenvalue weighted by molar-refractivity contribution is -0.0174. The summed E-state index contributed by atoms with van der Waals surface area (Å²) in [5.74, 6) is 1.41. The molecule has 1 heterocycles. The van der Waals surface area contributed by atoms with Crippen LogP contribution < -0.4 is 0 Å². The third-order valence-electron chi connectivity index (χ3n) is 4.18. The molecule has 4 heteroatoms. The summed E-state index contributed by atoms with van der Waals surface area (Å²) in [5.41, 5.74) is 0.563. The lowest BCUT2D eigenvalue weighted by Crippen LogP contribution is -2.35. The molecule has 1 fully saturated rings. The third-order valence-corrected chi connectivity index (χ3v) is 4.62. The molecule has 3 unspecified atom stereocenters. The Balaban J connectivity index is 2.08. The van der Waals surface area contributed by atoms with E-state index in [1.807, 2.05) is 0 Å². The molecule has 2 rings (SSSR count). The van der Waals surface area contributed by atoms with Gasteiger partial charge in [-0.05, 0) is 58.7 Å². The Kier molecular flexibility index (Phi) is 5.19. The number of hydrogen-bond donors (Lipinski definition) is 0. The second-order valence-electron chi connectivity index (χ2n) is 6.14. The number of carbonyl (C=O) groups excluding carboxylic acids is 1. The minimum atomic E-state index is -0.238. The zero-order chi connectivity index (χ0) is 14.7. The number of rotatable bonds is 3. The highest BCUT2D eigenvalue weighted by Gasteiger charge is 2.33. The molecule has 0 aliphatic heterocycles. The molecule has 1 aromatic heterocycles. The average molecular weight is 340 g/mol. The summed E-state index contributed by atoms with van der Waals surface area (Å²) in [7, 11) is 0. The first-order valence-electron chi connectivity index (χ1n) is 7.30. The highest BCUT2D eigenvalue weighted by molar-refractivity contribution is 9.10. The summed E-state index contributed by atoms with van der Waals surface area (Å²) in [6.07, 6.45) is 5.01. The summed E-state index contributed by atoms with van der Waals surface area (Å²) in [6.45, 7) is 6.66. The molecule has 0 saturated heterocycles. The van der Waals surface area contributed by atoms with Crippen LogP contribution in [0.4, 0.5) is 0 Å². The van der Waals surface area contributed by atoms with Gasteiger partial charge in [0, 0.05) is 6.20 Å². The monoisotopic (exact) mass is 339 g/mol. The van der Waals surface area contributed by atoms with Crippen LogP contribution in [0.15, 0.2) is 22.9 Å². The maximum atomic E-state index is 12.3. The molecule has 3 nitrogen and oxygen atoms in total. The van der Waals surface area contributed by atoms with Gasteiger partial charge in [-0.25, -0.2) is 9.78 Å². The van der Waals surface area contributed by atoms with Crippen molar-refractivity contribution in [2.45, 2.75) is 46.1 Å². The van der Waals surface area contributed by atoms with E-state index in [9.17, 15) is 4.79 Å². The number of halogens is 1. The molecule has 0 radical (unpaired) electrons. The molecule has 0 spiro atoms. The number of pyridine rings is 1. The van der Waals surface area contributed by atoms with Crippen LogP contribution >= 0.6 is 15.9 Å². The van der Waals surface area contributed by atoms with Gasteiger partial charge in [-0.3, -0.25) is 0 Å². The van der Waals surface area contributed by atoms with Crippen molar-refractivity contribution in [2.75, 3.05) is 0 Å². The van der Waals surface area contributed by atoms with Crippen LogP contribution in [-0.4, -0.2) is 17.1 Å². The molecular formula is C16H22BrNO2. The van der Waals surface area contributed by atoms with Gasteiger partial charge in [0.15, 0.2) is 0 Å². The Hall–Kier alpha value is -0.900. The first-order valence-corrected chi connectivity index (χ1v) is 8.09. The lowest BCUT2D eigenvalue weighted by atomic mass is 9.75. The predicted octanol–water partition coefficient (Wildman–Crippen LogP) is 4.46. The van der Waals surface area contributed by atoms with Crippen molar-refractivity contribution in [1.82, 2.24) is 4.98 Å². The van der Waals surface area contributed by atoms with Gasteiger partial charge in [-0.2, -0.15) is 0 Å². The van der Waals surface area contributed by atoms with Crippen LogP contribution in [0.1, 0.15) is 50.4 Å². The van der Waals surface area contributed by atoms with Gasteiger partial charge in [0.2, 0.25) is 0 Å². The zero-order valence-corrected chi connectivity index (χ0v) is 13.9. The van der Waals surface area contributed by atoms with E-state index in [4.69, 9.17) is 4.74 Å². The summed E-state index contributed by atoms with van der Waals surface area (Å²) >= 11 is 3.28. The van der Waals surface area contributed by atoms with E-state index >= 15 is 0 Å². The molecule has 1 aromatic rings. The van der Waals surface area contributed by atoms with Gasteiger partial charge in [0.1, 0.15) is 10.7 Å². The summed E-state index contributed by atoms with van der Waals surface area (Å²) in [4.78, 5) is 16.3. The fourth-order valence-corrected chi connectivity index (χ4v) is 3.35. The van der Waals surface area contributed by atoms with E-state index in [1.54, 1.807) is 18.3 Å². The fourth-order valence-electron chi connectivity index (χ4n) is 2.99. The van der Waals surface area contributed by atoms with E-state index in [1.165, 1.54) is 6.42 Å². The molecule has 1 aliphatic carbocycles. The Morgan fingerprint density at radius 3 is 2.85 bits per heavy atom. The Bertz CT molecular complexity index is 475. The first kappa shape index (κ1) is 15.5. The highest BCUT2D eigenvalue weighted by Crippen LogP contribution is 2.35. The fraction of sp³-hybridized carbons (Fsp3) is 0.625. The maximum Gasteiger partial charge on any atom is 0.338 e. The summed E-state index contributed by atoms with van der Waals surface area (Å²) < 4.78 is 6.45. The largest absolute Gasteiger partial charge is 0.458 e. The highest BCUT2D eigenvalue weighted by atomic mass is 79.9. The third kappa shape index (κ3) is 3.81. The first-order chi connectivity index (χ1) is 9.47. The van der Waals surface area contributed by atoms with Crippen LogP contribution in [0.3, 0.4) is 0 Å². The Morgan fingerprint density at radius 1 is 1.45 bits per heavy atom. The topological polar surface area (TPSA) is 39.2 Å². The van der Waals surface area contributed by atoms with E-state index in [0.717, 1.165) is 12.8 Å². The Morgan fingerprint density at radius 2 is 2.20 bits per heavy atom. The summed E-state index contributed by atoms with van der Waals surface area (Å²) in [6, 6.07) is 3.41. The van der Waals surface area contributed by atoms with E-state index in [2.05, 4.69) is 41.7 Å². The van der Waals surface area contributed by atoms with Crippen molar-refractivity contribution >= 4 is 21.9 Å². The maximum absolute atomic E-state index is 12.3. The molecule has 0 bridgehead atoms.